The predicted octanol–water partition coefficient (Wildman–Crippen LogP) is 1.82. The number of carbonyl (C=O) groups excluding carboxylic acids is 3. The molecule has 1 saturated heterocycles. The maximum atomic E-state index is 12.8. The minimum Gasteiger partial charge on any atom is -0.468 e. The van der Waals surface area contributed by atoms with Crippen LogP contribution in [0.15, 0.2) is 41.0 Å². The lowest BCUT2D eigenvalue weighted by Crippen LogP contribution is -2.36. The van der Waals surface area contributed by atoms with E-state index in [1.54, 1.807) is 37.3 Å². The zero-order valence-corrected chi connectivity index (χ0v) is 16.0. The van der Waals surface area contributed by atoms with Crippen molar-refractivity contribution in [3.63, 3.8) is 0 Å². The molecule has 0 saturated carbocycles. The van der Waals surface area contributed by atoms with E-state index < -0.39 is 0 Å². The first kappa shape index (κ1) is 19.6. The summed E-state index contributed by atoms with van der Waals surface area (Å²) in [6.07, 6.45) is 1.91. The zero-order chi connectivity index (χ0) is 20.3. The number of hydrogen-bond donors (Lipinski definition) is 2. The first-order chi connectivity index (χ1) is 13.4. The van der Waals surface area contributed by atoms with Gasteiger partial charge in [0.15, 0.2) is 5.76 Å². The highest BCUT2D eigenvalue weighted by Crippen LogP contribution is 2.22. The SMILES string of the molecule is COC(=O)[C@@H]1C[C@H](NC(=O)c2cccc(NC(=O)c3ccco3)c2C)CN1C. The van der Waals surface area contributed by atoms with E-state index in [4.69, 9.17) is 9.15 Å². The number of amides is 2. The van der Waals surface area contributed by atoms with Gasteiger partial charge in [0.1, 0.15) is 6.04 Å². The van der Waals surface area contributed by atoms with Crippen LogP contribution in [0.5, 0.6) is 0 Å². The van der Waals surface area contributed by atoms with Gasteiger partial charge in [0.05, 0.1) is 13.4 Å². The number of hydrogen-bond acceptors (Lipinski definition) is 6. The fourth-order valence-electron chi connectivity index (χ4n) is 3.39. The second kappa shape index (κ2) is 8.26. The Morgan fingerprint density at radius 3 is 2.64 bits per heavy atom. The Labute approximate surface area is 162 Å². The third-order valence-electron chi connectivity index (χ3n) is 4.93. The number of anilines is 1. The Morgan fingerprint density at radius 2 is 1.96 bits per heavy atom. The molecule has 148 valence electrons. The molecule has 0 unspecified atom stereocenters. The quantitative estimate of drug-likeness (QED) is 0.762. The van der Waals surface area contributed by atoms with E-state index >= 15 is 0 Å². The van der Waals surface area contributed by atoms with Gasteiger partial charge in [-0.25, -0.2) is 0 Å². The van der Waals surface area contributed by atoms with E-state index in [1.807, 2.05) is 11.9 Å². The number of nitrogens with one attached hydrogen (secondary N) is 2. The summed E-state index contributed by atoms with van der Waals surface area (Å²) < 4.78 is 9.89. The van der Waals surface area contributed by atoms with Gasteiger partial charge in [-0.15, -0.1) is 0 Å². The predicted molar refractivity (Wildman–Crippen MR) is 102 cm³/mol. The Hall–Kier alpha value is -3.13. The van der Waals surface area contributed by atoms with Crippen LogP contribution in [0.1, 0.15) is 32.9 Å². The van der Waals surface area contributed by atoms with Crippen LogP contribution in [0, 0.1) is 6.92 Å². The number of nitrogens with zero attached hydrogens (tertiary/aromatic N) is 1. The maximum absolute atomic E-state index is 12.8. The normalized spacial score (nSPS) is 19.2. The molecule has 2 heterocycles. The van der Waals surface area contributed by atoms with E-state index in [0.29, 0.717) is 29.8 Å². The fraction of sp³-hybridized carbons (Fsp3) is 0.350. The molecule has 0 aliphatic carbocycles. The van der Waals surface area contributed by atoms with E-state index in [2.05, 4.69) is 10.6 Å². The molecule has 3 rings (SSSR count). The number of methoxy groups -OCH3 is 1. The summed E-state index contributed by atoms with van der Waals surface area (Å²) in [4.78, 5) is 38.6. The summed E-state index contributed by atoms with van der Waals surface area (Å²) in [7, 11) is 3.18. The van der Waals surface area contributed by atoms with Crippen LogP contribution in [0.3, 0.4) is 0 Å². The highest BCUT2D eigenvalue weighted by Gasteiger charge is 2.36. The maximum Gasteiger partial charge on any atom is 0.323 e. The van der Waals surface area contributed by atoms with Gasteiger partial charge in [-0.2, -0.15) is 0 Å². The molecule has 1 aliphatic heterocycles. The molecule has 8 nitrogen and oxygen atoms in total. The zero-order valence-electron chi connectivity index (χ0n) is 16.0. The Balaban J connectivity index is 1.69. The van der Waals surface area contributed by atoms with Crippen molar-refractivity contribution >= 4 is 23.5 Å². The van der Waals surface area contributed by atoms with Crippen molar-refractivity contribution in [3.05, 3.63) is 53.5 Å². The van der Waals surface area contributed by atoms with Gasteiger partial charge in [-0.05, 0) is 50.2 Å². The van der Waals surface area contributed by atoms with E-state index in [9.17, 15) is 14.4 Å². The summed E-state index contributed by atoms with van der Waals surface area (Å²) >= 11 is 0. The largest absolute Gasteiger partial charge is 0.468 e. The van der Waals surface area contributed by atoms with Crippen LogP contribution in [-0.2, 0) is 9.53 Å². The van der Waals surface area contributed by atoms with Crippen molar-refractivity contribution in [2.45, 2.75) is 25.4 Å². The summed E-state index contributed by atoms with van der Waals surface area (Å²) in [6, 6.07) is 7.80. The molecule has 2 N–H and O–H groups in total. The average molecular weight is 385 g/mol. The Kier molecular flexibility index (Phi) is 5.79. The number of carbonyl (C=O) groups is 3. The molecule has 1 aromatic heterocycles. The number of ether oxygens (including phenoxy) is 1. The lowest BCUT2D eigenvalue weighted by molar-refractivity contribution is -0.145. The molecule has 8 heteroatoms. The Bertz CT molecular complexity index is 878. The van der Waals surface area contributed by atoms with Crippen LogP contribution >= 0.6 is 0 Å². The van der Waals surface area contributed by atoms with Crippen molar-refractivity contribution in [1.82, 2.24) is 10.2 Å². The number of rotatable bonds is 5. The smallest absolute Gasteiger partial charge is 0.323 e. The van der Waals surface area contributed by atoms with Gasteiger partial charge >= 0.3 is 5.97 Å². The standard InChI is InChI=1S/C20H23N3O5/c1-12-14(6-4-7-15(12)22-19(25)17-8-5-9-28-17)18(24)21-13-10-16(20(26)27-3)23(2)11-13/h4-9,13,16H,10-11H2,1-3H3,(H,21,24)(H,22,25)/t13-,16-/m0/s1. The topological polar surface area (TPSA) is 101 Å². The molecule has 2 atom stereocenters. The summed E-state index contributed by atoms with van der Waals surface area (Å²) in [5.74, 6) is -0.755. The monoisotopic (exact) mass is 385 g/mol. The van der Waals surface area contributed by atoms with Gasteiger partial charge in [0.2, 0.25) is 0 Å². The molecule has 1 aliphatic rings. The van der Waals surface area contributed by atoms with Gasteiger partial charge in [-0.3, -0.25) is 19.3 Å². The molecule has 0 radical (unpaired) electrons. The first-order valence-electron chi connectivity index (χ1n) is 8.94. The van der Waals surface area contributed by atoms with Crippen LogP contribution in [0.4, 0.5) is 5.69 Å². The number of benzene rings is 1. The number of likely N-dealkylation sites (N-methyl/N-ethyl adjacent to an activating group) is 1. The summed E-state index contributed by atoms with van der Waals surface area (Å²) in [6.45, 7) is 2.32. The lowest BCUT2D eigenvalue weighted by atomic mass is 10.0. The minimum absolute atomic E-state index is 0.164. The molecule has 1 aromatic carbocycles. The van der Waals surface area contributed by atoms with Gasteiger partial charge in [0.25, 0.3) is 11.8 Å². The number of esters is 1. The Morgan fingerprint density at radius 1 is 1.18 bits per heavy atom. The van der Waals surface area contributed by atoms with Crippen LogP contribution in [-0.4, -0.2) is 55.5 Å². The molecular formula is C20H23N3O5. The highest BCUT2D eigenvalue weighted by atomic mass is 16.5. The average Bonchev–Trinajstić information content (AvgIpc) is 3.32. The molecule has 0 spiro atoms. The molecular weight excluding hydrogens is 362 g/mol. The first-order valence-corrected chi connectivity index (χ1v) is 8.94. The van der Waals surface area contributed by atoms with Crippen molar-refractivity contribution in [2.24, 2.45) is 0 Å². The third kappa shape index (κ3) is 4.07. The third-order valence-corrected chi connectivity index (χ3v) is 4.93. The van der Waals surface area contributed by atoms with Gasteiger partial charge in [0, 0.05) is 23.8 Å². The summed E-state index contributed by atoms with van der Waals surface area (Å²) in [5, 5.41) is 5.72. The number of furan rings is 1. The van der Waals surface area contributed by atoms with Gasteiger partial charge in [-0.1, -0.05) is 6.07 Å². The fourth-order valence-corrected chi connectivity index (χ4v) is 3.39. The lowest BCUT2D eigenvalue weighted by Gasteiger charge is -2.16. The molecule has 0 bridgehead atoms. The molecule has 2 amide bonds. The molecule has 2 aromatic rings. The second-order valence-corrected chi connectivity index (χ2v) is 6.79. The number of likely N-dealkylation sites (tertiary alicyclic amines) is 1. The van der Waals surface area contributed by atoms with E-state index in [-0.39, 0.29) is 35.6 Å². The van der Waals surface area contributed by atoms with Crippen molar-refractivity contribution in [3.8, 4) is 0 Å². The minimum atomic E-state index is -0.385. The van der Waals surface area contributed by atoms with E-state index in [1.165, 1.54) is 13.4 Å². The highest BCUT2D eigenvalue weighted by molar-refractivity contribution is 6.04. The van der Waals surface area contributed by atoms with Crippen molar-refractivity contribution in [2.75, 3.05) is 26.0 Å². The molecule has 1 fully saturated rings. The molecule has 28 heavy (non-hydrogen) atoms. The van der Waals surface area contributed by atoms with Crippen LogP contribution in [0.25, 0.3) is 0 Å². The second-order valence-electron chi connectivity index (χ2n) is 6.79. The van der Waals surface area contributed by atoms with Crippen molar-refractivity contribution in [1.29, 1.82) is 0 Å². The summed E-state index contributed by atoms with van der Waals surface area (Å²) in [5.41, 5.74) is 1.64. The van der Waals surface area contributed by atoms with Crippen LogP contribution in [0.2, 0.25) is 0 Å². The van der Waals surface area contributed by atoms with Crippen molar-refractivity contribution < 1.29 is 23.5 Å². The van der Waals surface area contributed by atoms with Gasteiger partial charge < -0.3 is 19.8 Å². The van der Waals surface area contributed by atoms with E-state index in [0.717, 1.165) is 0 Å². The van der Waals surface area contributed by atoms with Crippen LogP contribution < -0.4 is 10.6 Å².